The second kappa shape index (κ2) is 6.01. The summed E-state index contributed by atoms with van der Waals surface area (Å²) < 4.78 is 0. The molecule has 0 spiro atoms. The highest BCUT2D eigenvalue weighted by atomic mass is 32.1. The molecule has 20 heavy (non-hydrogen) atoms. The van der Waals surface area contributed by atoms with Gasteiger partial charge in [-0.15, -0.1) is 0 Å². The monoisotopic (exact) mass is 285 g/mol. The van der Waals surface area contributed by atoms with Crippen molar-refractivity contribution >= 4 is 28.7 Å². The van der Waals surface area contributed by atoms with E-state index in [4.69, 9.17) is 18.0 Å². The topological polar surface area (TPSA) is 50.9 Å². The average Bonchev–Trinajstić information content (AvgIpc) is 2.38. The fourth-order valence-electron chi connectivity index (χ4n) is 2.32. The number of rotatable bonds is 4. The summed E-state index contributed by atoms with van der Waals surface area (Å²) in [5.74, 6) is 0.732. The number of nitrogens with zero attached hydrogens (tertiary/aromatic N) is 1. The Balaban J connectivity index is 2.50. The first-order chi connectivity index (χ1) is 9.52. The number of hydrogen-bond acceptors (Lipinski definition) is 3. The summed E-state index contributed by atoms with van der Waals surface area (Å²) in [6, 6.07) is 10.2. The van der Waals surface area contributed by atoms with Gasteiger partial charge in [-0.2, -0.15) is 0 Å². The molecule has 3 nitrogen and oxygen atoms in total. The van der Waals surface area contributed by atoms with Crippen molar-refractivity contribution in [1.29, 1.82) is 0 Å². The molecule has 1 aromatic heterocycles. The minimum atomic E-state index is 0.367. The molecule has 1 heterocycles. The minimum absolute atomic E-state index is 0.367. The Hall–Kier alpha value is -1.94. The lowest BCUT2D eigenvalue weighted by Gasteiger charge is -2.15. The fraction of sp³-hybridized carbons (Fsp3) is 0.250. The standard InChI is InChI=1S/C16H19N3S/c1-4-12-7-5-6-8-13(12)19-16-14(15(17)20)10(2)9-11(3)18-16/h5-9H,4H2,1-3H3,(H2,17,20)(H,18,19). The van der Waals surface area contributed by atoms with Crippen LogP contribution in [0, 0.1) is 13.8 Å². The van der Waals surface area contributed by atoms with E-state index in [0.29, 0.717) is 4.99 Å². The maximum atomic E-state index is 5.84. The van der Waals surface area contributed by atoms with E-state index in [2.05, 4.69) is 23.3 Å². The normalized spacial score (nSPS) is 10.3. The maximum Gasteiger partial charge on any atom is 0.141 e. The molecular formula is C16H19N3S. The molecule has 0 saturated carbocycles. The Labute approximate surface area is 125 Å². The highest BCUT2D eigenvalue weighted by Crippen LogP contribution is 2.25. The summed E-state index contributed by atoms with van der Waals surface area (Å²) in [4.78, 5) is 4.91. The quantitative estimate of drug-likeness (QED) is 0.842. The van der Waals surface area contributed by atoms with Crippen LogP contribution in [0.2, 0.25) is 0 Å². The first-order valence-electron chi connectivity index (χ1n) is 6.66. The predicted octanol–water partition coefficient (Wildman–Crippen LogP) is 3.64. The third-order valence-corrected chi connectivity index (χ3v) is 3.45. The van der Waals surface area contributed by atoms with E-state index in [9.17, 15) is 0 Å². The van der Waals surface area contributed by atoms with Crippen LogP contribution in [0.1, 0.15) is 29.3 Å². The number of aromatic nitrogens is 1. The minimum Gasteiger partial charge on any atom is -0.389 e. The Morgan fingerprint density at radius 2 is 2.00 bits per heavy atom. The zero-order valence-electron chi connectivity index (χ0n) is 12.0. The largest absolute Gasteiger partial charge is 0.389 e. The van der Waals surface area contributed by atoms with Crippen molar-refractivity contribution in [2.24, 2.45) is 5.73 Å². The molecule has 4 heteroatoms. The maximum absolute atomic E-state index is 5.84. The SMILES string of the molecule is CCc1ccccc1Nc1nc(C)cc(C)c1C(N)=S. The molecule has 0 atom stereocenters. The summed E-state index contributed by atoms with van der Waals surface area (Å²) in [6.45, 7) is 6.09. The Morgan fingerprint density at radius 1 is 1.30 bits per heavy atom. The van der Waals surface area contributed by atoms with Crippen LogP contribution in [0.4, 0.5) is 11.5 Å². The Kier molecular flexibility index (Phi) is 4.35. The molecular weight excluding hydrogens is 266 g/mol. The third-order valence-electron chi connectivity index (χ3n) is 3.24. The first kappa shape index (κ1) is 14.5. The van der Waals surface area contributed by atoms with Crippen LogP contribution in [0.5, 0.6) is 0 Å². The highest BCUT2D eigenvalue weighted by Gasteiger charge is 2.12. The van der Waals surface area contributed by atoms with Gasteiger partial charge in [0, 0.05) is 11.4 Å². The van der Waals surface area contributed by atoms with Crippen LogP contribution < -0.4 is 11.1 Å². The average molecular weight is 285 g/mol. The zero-order chi connectivity index (χ0) is 14.7. The van der Waals surface area contributed by atoms with Crippen LogP contribution in [-0.4, -0.2) is 9.97 Å². The molecule has 2 rings (SSSR count). The second-order valence-corrected chi connectivity index (χ2v) is 5.24. The molecule has 1 aromatic carbocycles. The number of nitrogens with one attached hydrogen (secondary N) is 1. The van der Waals surface area contributed by atoms with Crippen LogP contribution in [0.15, 0.2) is 30.3 Å². The summed E-state index contributed by atoms with van der Waals surface area (Å²) in [7, 11) is 0. The van der Waals surface area contributed by atoms with Gasteiger partial charge in [0.15, 0.2) is 0 Å². The molecule has 0 aliphatic heterocycles. The number of nitrogens with two attached hydrogens (primary N) is 1. The molecule has 0 aliphatic carbocycles. The molecule has 0 unspecified atom stereocenters. The van der Waals surface area contributed by atoms with Crippen molar-refractivity contribution in [3.8, 4) is 0 Å². The fourth-order valence-corrected chi connectivity index (χ4v) is 2.57. The molecule has 0 radical (unpaired) electrons. The van der Waals surface area contributed by atoms with E-state index in [1.807, 2.05) is 38.1 Å². The van der Waals surface area contributed by atoms with Crippen molar-refractivity contribution in [2.45, 2.75) is 27.2 Å². The van der Waals surface area contributed by atoms with Gasteiger partial charge in [0.1, 0.15) is 10.8 Å². The van der Waals surface area contributed by atoms with Gasteiger partial charge in [0.2, 0.25) is 0 Å². The number of hydrogen-bond donors (Lipinski definition) is 2. The van der Waals surface area contributed by atoms with Crippen LogP contribution in [-0.2, 0) is 6.42 Å². The summed E-state index contributed by atoms with van der Waals surface area (Å²) in [6.07, 6.45) is 0.955. The van der Waals surface area contributed by atoms with E-state index in [0.717, 1.165) is 34.7 Å². The number of aryl methyl sites for hydroxylation is 3. The molecule has 0 fully saturated rings. The van der Waals surface area contributed by atoms with E-state index in [1.54, 1.807) is 0 Å². The molecule has 2 aromatic rings. The lowest BCUT2D eigenvalue weighted by Crippen LogP contribution is -2.15. The molecule has 0 aliphatic rings. The number of pyridine rings is 1. The van der Waals surface area contributed by atoms with Crippen LogP contribution in [0.3, 0.4) is 0 Å². The number of para-hydroxylation sites is 1. The van der Waals surface area contributed by atoms with Gasteiger partial charge in [-0.25, -0.2) is 4.98 Å². The lowest BCUT2D eigenvalue weighted by molar-refractivity contribution is 1.13. The molecule has 0 bridgehead atoms. The number of thiocarbonyl (C=S) groups is 1. The van der Waals surface area contributed by atoms with Gasteiger partial charge in [0.05, 0.1) is 5.56 Å². The van der Waals surface area contributed by atoms with Gasteiger partial charge in [-0.05, 0) is 43.5 Å². The van der Waals surface area contributed by atoms with E-state index in [-0.39, 0.29) is 0 Å². The Bertz CT molecular complexity index is 650. The highest BCUT2D eigenvalue weighted by molar-refractivity contribution is 7.80. The van der Waals surface area contributed by atoms with Crippen molar-refractivity contribution < 1.29 is 0 Å². The summed E-state index contributed by atoms with van der Waals surface area (Å²) in [5, 5.41) is 3.38. The summed E-state index contributed by atoms with van der Waals surface area (Å²) in [5.41, 5.74) is 10.9. The van der Waals surface area contributed by atoms with E-state index >= 15 is 0 Å². The smallest absolute Gasteiger partial charge is 0.141 e. The molecule has 104 valence electrons. The predicted molar refractivity (Wildman–Crippen MR) is 88.7 cm³/mol. The molecule has 0 amide bonds. The number of benzene rings is 1. The Morgan fingerprint density at radius 3 is 2.65 bits per heavy atom. The van der Waals surface area contributed by atoms with Crippen molar-refractivity contribution in [2.75, 3.05) is 5.32 Å². The van der Waals surface area contributed by atoms with Crippen molar-refractivity contribution in [3.63, 3.8) is 0 Å². The lowest BCUT2D eigenvalue weighted by atomic mass is 10.1. The van der Waals surface area contributed by atoms with Gasteiger partial charge in [0.25, 0.3) is 0 Å². The van der Waals surface area contributed by atoms with E-state index in [1.165, 1.54) is 5.56 Å². The van der Waals surface area contributed by atoms with Crippen LogP contribution >= 0.6 is 12.2 Å². The van der Waals surface area contributed by atoms with Crippen molar-refractivity contribution in [1.82, 2.24) is 4.98 Å². The molecule has 0 saturated heterocycles. The second-order valence-electron chi connectivity index (χ2n) is 4.80. The van der Waals surface area contributed by atoms with E-state index < -0.39 is 0 Å². The third kappa shape index (κ3) is 2.96. The van der Waals surface area contributed by atoms with Gasteiger partial charge in [-0.3, -0.25) is 0 Å². The number of anilines is 2. The summed E-state index contributed by atoms with van der Waals surface area (Å²) >= 11 is 5.16. The van der Waals surface area contributed by atoms with Crippen molar-refractivity contribution in [3.05, 3.63) is 52.7 Å². The first-order valence-corrected chi connectivity index (χ1v) is 7.06. The van der Waals surface area contributed by atoms with Gasteiger partial charge in [-0.1, -0.05) is 37.3 Å². The van der Waals surface area contributed by atoms with Crippen LogP contribution in [0.25, 0.3) is 0 Å². The van der Waals surface area contributed by atoms with Gasteiger partial charge < -0.3 is 11.1 Å². The van der Waals surface area contributed by atoms with Gasteiger partial charge >= 0.3 is 0 Å². The zero-order valence-corrected chi connectivity index (χ0v) is 12.8. The molecule has 3 N–H and O–H groups in total.